The van der Waals surface area contributed by atoms with E-state index in [2.05, 4.69) is 11.9 Å². The van der Waals surface area contributed by atoms with Gasteiger partial charge in [-0.3, -0.25) is 4.79 Å². The minimum Gasteiger partial charge on any atom is -0.481 e. The number of rotatable bonds is 4. The molecule has 0 aromatic heterocycles. The summed E-state index contributed by atoms with van der Waals surface area (Å²) in [7, 11) is 0. The molecule has 1 amide bonds. The van der Waals surface area contributed by atoms with E-state index in [4.69, 9.17) is 4.74 Å². The van der Waals surface area contributed by atoms with Gasteiger partial charge in [-0.2, -0.15) is 0 Å². The zero-order chi connectivity index (χ0) is 12.5. The molecule has 0 aromatic carbocycles. The van der Waals surface area contributed by atoms with Crippen LogP contribution in [-0.2, 0) is 9.53 Å². The van der Waals surface area contributed by atoms with E-state index in [0.717, 1.165) is 12.8 Å². The first kappa shape index (κ1) is 12.0. The van der Waals surface area contributed by atoms with Gasteiger partial charge in [0.25, 0.3) is 0 Å². The van der Waals surface area contributed by atoms with Crippen molar-refractivity contribution in [2.24, 2.45) is 5.41 Å². The molecule has 2 rings (SSSR count). The maximum absolute atomic E-state index is 11.5. The molecule has 2 fully saturated rings. The van der Waals surface area contributed by atoms with E-state index in [1.807, 2.05) is 0 Å². The molecule has 94 valence electrons. The number of aliphatic carboxylic acids is 1. The molecule has 0 unspecified atom stereocenters. The third kappa shape index (κ3) is 2.01. The van der Waals surface area contributed by atoms with Gasteiger partial charge in [-0.25, -0.2) is 4.79 Å². The Labute approximate surface area is 99.8 Å². The van der Waals surface area contributed by atoms with Gasteiger partial charge in [0.15, 0.2) is 0 Å². The normalized spacial score (nSPS) is 34.4. The first-order chi connectivity index (χ1) is 8.02. The highest BCUT2D eigenvalue weighted by Crippen LogP contribution is 2.56. The van der Waals surface area contributed by atoms with Gasteiger partial charge in [0.1, 0.15) is 6.61 Å². The largest absolute Gasteiger partial charge is 0.481 e. The third-order valence-electron chi connectivity index (χ3n) is 3.99. The van der Waals surface area contributed by atoms with Crippen molar-refractivity contribution in [3.8, 4) is 0 Å². The van der Waals surface area contributed by atoms with Gasteiger partial charge in [0, 0.05) is 5.54 Å². The average molecular weight is 239 g/mol. The fraction of sp³-hybridized carbons (Fsp3) is 0.667. The molecule has 2 bridgehead atoms. The lowest BCUT2D eigenvalue weighted by Crippen LogP contribution is -2.45. The summed E-state index contributed by atoms with van der Waals surface area (Å²) in [6.45, 7) is 3.63. The Morgan fingerprint density at radius 1 is 1.35 bits per heavy atom. The van der Waals surface area contributed by atoms with Crippen LogP contribution in [0.15, 0.2) is 12.7 Å². The monoisotopic (exact) mass is 239 g/mol. The summed E-state index contributed by atoms with van der Waals surface area (Å²) in [4.78, 5) is 22.7. The van der Waals surface area contributed by atoms with Crippen molar-refractivity contribution in [1.29, 1.82) is 0 Å². The summed E-state index contributed by atoms with van der Waals surface area (Å²) < 4.78 is 4.88. The van der Waals surface area contributed by atoms with Crippen LogP contribution in [0.1, 0.15) is 32.1 Å². The van der Waals surface area contributed by atoms with Gasteiger partial charge >= 0.3 is 12.1 Å². The first-order valence-corrected chi connectivity index (χ1v) is 5.81. The molecule has 0 radical (unpaired) electrons. The fourth-order valence-corrected chi connectivity index (χ4v) is 3.05. The van der Waals surface area contributed by atoms with E-state index in [9.17, 15) is 14.7 Å². The minimum absolute atomic E-state index is 0.173. The number of hydrogen-bond donors (Lipinski definition) is 2. The fourth-order valence-electron chi connectivity index (χ4n) is 3.05. The number of carboxylic acids is 1. The Kier molecular flexibility index (Phi) is 2.85. The van der Waals surface area contributed by atoms with Crippen molar-refractivity contribution in [3.63, 3.8) is 0 Å². The van der Waals surface area contributed by atoms with E-state index in [1.165, 1.54) is 6.08 Å². The van der Waals surface area contributed by atoms with Crippen molar-refractivity contribution < 1.29 is 19.4 Å². The number of amides is 1. The van der Waals surface area contributed by atoms with Crippen LogP contribution in [-0.4, -0.2) is 29.3 Å². The maximum Gasteiger partial charge on any atom is 0.407 e. The Morgan fingerprint density at radius 2 is 2.00 bits per heavy atom. The van der Waals surface area contributed by atoms with Gasteiger partial charge < -0.3 is 15.2 Å². The maximum atomic E-state index is 11.5. The lowest BCUT2D eigenvalue weighted by atomic mass is 9.84. The van der Waals surface area contributed by atoms with E-state index < -0.39 is 17.5 Å². The highest BCUT2D eigenvalue weighted by atomic mass is 16.5. The van der Waals surface area contributed by atoms with Crippen LogP contribution in [0.25, 0.3) is 0 Å². The number of carboxylic acid groups (broad SMARTS) is 1. The number of carbonyl (C=O) groups is 2. The van der Waals surface area contributed by atoms with Gasteiger partial charge in [-0.1, -0.05) is 12.7 Å². The molecule has 0 aromatic rings. The summed E-state index contributed by atoms with van der Waals surface area (Å²) >= 11 is 0. The van der Waals surface area contributed by atoms with Crippen LogP contribution in [0.3, 0.4) is 0 Å². The average Bonchev–Trinajstić information content (AvgIpc) is 2.83. The molecule has 5 heteroatoms. The number of nitrogens with one attached hydrogen (secondary N) is 1. The second-order valence-electron chi connectivity index (χ2n) is 5.05. The molecule has 17 heavy (non-hydrogen) atoms. The molecular formula is C12H17NO4. The molecular weight excluding hydrogens is 222 g/mol. The van der Waals surface area contributed by atoms with Crippen molar-refractivity contribution in [1.82, 2.24) is 5.32 Å². The molecule has 2 aliphatic carbocycles. The van der Waals surface area contributed by atoms with Crippen LogP contribution < -0.4 is 5.32 Å². The number of fused-ring (bicyclic) bond motifs is 2. The number of alkyl carbamates (subject to hydrolysis) is 1. The van der Waals surface area contributed by atoms with Crippen LogP contribution in [0.2, 0.25) is 0 Å². The lowest BCUT2D eigenvalue weighted by molar-refractivity contribution is -0.148. The molecule has 2 saturated carbocycles. The van der Waals surface area contributed by atoms with Crippen molar-refractivity contribution in [2.45, 2.75) is 37.6 Å². The van der Waals surface area contributed by atoms with E-state index in [-0.39, 0.29) is 12.1 Å². The molecule has 2 aliphatic rings. The summed E-state index contributed by atoms with van der Waals surface area (Å²) in [5.74, 6) is -0.738. The highest BCUT2D eigenvalue weighted by molar-refractivity contribution is 5.77. The Morgan fingerprint density at radius 3 is 2.47 bits per heavy atom. The van der Waals surface area contributed by atoms with E-state index in [1.54, 1.807) is 0 Å². The SMILES string of the molecule is C=CCOC(=O)NC12CCC(C(=O)O)(CC1)C2. The van der Waals surface area contributed by atoms with Crippen LogP contribution in [0.4, 0.5) is 4.79 Å². The number of ether oxygens (including phenoxy) is 1. The zero-order valence-electron chi connectivity index (χ0n) is 9.70. The van der Waals surface area contributed by atoms with Crippen LogP contribution in [0.5, 0.6) is 0 Å². The standard InChI is InChI=1S/C12H17NO4/c1-2-7-17-10(16)13-12-5-3-11(8-12,4-6-12)9(14)15/h2H,1,3-8H2,(H,13,16)(H,14,15). The second-order valence-corrected chi connectivity index (χ2v) is 5.05. The topological polar surface area (TPSA) is 75.6 Å². The molecule has 0 saturated heterocycles. The molecule has 0 aliphatic heterocycles. The molecule has 0 heterocycles. The predicted molar refractivity (Wildman–Crippen MR) is 60.6 cm³/mol. The Bertz CT molecular complexity index is 356. The number of hydrogen-bond acceptors (Lipinski definition) is 3. The van der Waals surface area contributed by atoms with Gasteiger partial charge in [0.2, 0.25) is 0 Å². The predicted octanol–water partition coefficient (Wildman–Crippen LogP) is 1.69. The third-order valence-corrected chi connectivity index (χ3v) is 3.99. The van der Waals surface area contributed by atoms with Gasteiger partial charge in [-0.05, 0) is 32.1 Å². The molecule has 2 N–H and O–H groups in total. The zero-order valence-corrected chi connectivity index (χ0v) is 9.70. The van der Waals surface area contributed by atoms with Crippen LogP contribution >= 0.6 is 0 Å². The summed E-state index contributed by atoms with van der Waals surface area (Å²) in [5, 5.41) is 12.0. The molecule has 0 atom stereocenters. The lowest BCUT2D eigenvalue weighted by Gasteiger charge is -2.27. The smallest absolute Gasteiger partial charge is 0.407 e. The van der Waals surface area contributed by atoms with Crippen molar-refractivity contribution in [2.75, 3.05) is 6.61 Å². The molecule has 0 spiro atoms. The Hall–Kier alpha value is -1.52. The Balaban J connectivity index is 1.97. The molecule has 5 nitrogen and oxygen atoms in total. The van der Waals surface area contributed by atoms with Crippen LogP contribution in [0, 0.1) is 5.41 Å². The summed E-state index contributed by atoms with van der Waals surface area (Å²) in [6, 6.07) is 0. The summed E-state index contributed by atoms with van der Waals surface area (Å²) in [6.07, 6.45) is 4.28. The van der Waals surface area contributed by atoms with Gasteiger partial charge in [0.05, 0.1) is 5.41 Å². The number of carbonyl (C=O) groups excluding carboxylic acids is 1. The minimum atomic E-state index is -0.738. The second kappa shape index (κ2) is 4.05. The van der Waals surface area contributed by atoms with Crippen molar-refractivity contribution in [3.05, 3.63) is 12.7 Å². The van der Waals surface area contributed by atoms with E-state index in [0.29, 0.717) is 19.3 Å². The summed E-state index contributed by atoms with van der Waals surface area (Å²) in [5.41, 5.74) is -0.984. The van der Waals surface area contributed by atoms with Crippen molar-refractivity contribution >= 4 is 12.1 Å². The quantitative estimate of drug-likeness (QED) is 0.732. The highest BCUT2D eigenvalue weighted by Gasteiger charge is 2.59. The van der Waals surface area contributed by atoms with Gasteiger partial charge in [-0.15, -0.1) is 0 Å². The first-order valence-electron chi connectivity index (χ1n) is 5.81. The van der Waals surface area contributed by atoms with E-state index >= 15 is 0 Å².